The van der Waals surface area contributed by atoms with Crippen LogP contribution in [-0.2, 0) is 26.0 Å². The molecule has 8 nitrogen and oxygen atoms in total. The summed E-state index contributed by atoms with van der Waals surface area (Å²) in [5, 5.41) is 6.33. The smallest absolute Gasteiger partial charge is 0.245 e. The van der Waals surface area contributed by atoms with Crippen LogP contribution in [0.15, 0.2) is 29.3 Å². The largest absolute Gasteiger partial charge is 0.344 e. The molecule has 0 radical (unpaired) electrons. The van der Waals surface area contributed by atoms with Crippen molar-refractivity contribution in [3.05, 3.63) is 30.2 Å². The van der Waals surface area contributed by atoms with Crippen LogP contribution in [0.25, 0.3) is 10.9 Å². The first-order valence-corrected chi connectivity index (χ1v) is 14.8. The summed E-state index contributed by atoms with van der Waals surface area (Å²) in [7, 11) is -1.84. The lowest BCUT2D eigenvalue weighted by atomic mass is 9.83. The number of sulfone groups is 1. The first-order chi connectivity index (χ1) is 17.1. The van der Waals surface area contributed by atoms with Crippen molar-refractivity contribution in [3.63, 3.8) is 0 Å². The molecule has 2 aromatic rings. The summed E-state index contributed by atoms with van der Waals surface area (Å²) in [5.74, 6) is -0.641. The summed E-state index contributed by atoms with van der Waals surface area (Å²) >= 11 is 0. The number of likely N-dealkylation sites (tertiary alicyclic amines) is 1. The van der Waals surface area contributed by atoms with Gasteiger partial charge in [0.2, 0.25) is 11.8 Å². The number of benzene rings is 1. The third kappa shape index (κ3) is 5.59. The summed E-state index contributed by atoms with van der Waals surface area (Å²) in [6.07, 6.45) is 9.35. The number of carbonyl (C=O) groups excluding carboxylic acids is 2. The quantitative estimate of drug-likeness (QED) is 0.558. The fourth-order valence-corrected chi connectivity index (χ4v) is 6.54. The van der Waals surface area contributed by atoms with Crippen molar-refractivity contribution in [2.45, 2.75) is 81.4 Å². The van der Waals surface area contributed by atoms with E-state index >= 15 is 0 Å². The zero-order valence-electron chi connectivity index (χ0n) is 21.3. The van der Waals surface area contributed by atoms with Crippen molar-refractivity contribution in [3.8, 4) is 0 Å². The molecule has 2 heterocycles. The van der Waals surface area contributed by atoms with E-state index in [1.165, 1.54) is 12.1 Å². The van der Waals surface area contributed by atoms with Crippen molar-refractivity contribution >= 4 is 32.6 Å². The minimum absolute atomic E-state index is 0.0631. The van der Waals surface area contributed by atoms with Gasteiger partial charge >= 0.3 is 0 Å². The van der Waals surface area contributed by atoms with Gasteiger partial charge in [-0.2, -0.15) is 0 Å². The molecule has 10 heteroatoms. The number of rotatable bonds is 8. The maximum absolute atomic E-state index is 13.9. The summed E-state index contributed by atoms with van der Waals surface area (Å²) in [6, 6.07) is 3.04. The highest BCUT2D eigenvalue weighted by molar-refractivity contribution is 7.91. The molecule has 3 atom stereocenters. The Hall–Kier alpha value is -2.46. The molecule has 1 aromatic heterocycles. The third-order valence-electron chi connectivity index (χ3n) is 7.79. The van der Waals surface area contributed by atoms with Crippen LogP contribution in [0.2, 0.25) is 0 Å². The number of nitrogens with zero attached hydrogens (tertiary/aromatic N) is 2. The molecule has 2 N–H and O–H groups in total. The molecule has 1 aromatic carbocycles. The van der Waals surface area contributed by atoms with Gasteiger partial charge in [-0.25, -0.2) is 12.8 Å². The Morgan fingerprint density at radius 1 is 1.14 bits per heavy atom. The molecule has 1 saturated heterocycles. The van der Waals surface area contributed by atoms with E-state index in [0.717, 1.165) is 51.2 Å². The van der Waals surface area contributed by atoms with E-state index in [9.17, 15) is 22.4 Å². The molecule has 2 amide bonds. The number of halogens is 1. The van der Waals surface area contributed by atoms with Crippen LogP contribution in [0.1, 0.15) is 51.9 Å². The van der Waals surface area contributed by atoms with Crippen LogP contribution in [0.5, 0.6) is 0 Å². The number of carbonyl (C=O) groups is 2. The topological polar surface area (TPSA) is 101 Å². The van der Waals surface area contributed by atoms with Crippen molar-refractivity contribution < 1.29 is 22.4 Å². The highest BCUT2D eigenvalue weighted by Crippen LogP contribution is 2.31. The Kier molecular flexibility index (Phi) is 8.04. The molecule has 1 aliphatic carbocycles. The predicted molar refractivity (Wildman–Crippen MR) is 137 cm³/mol. The van der Waals surface area contributed by atoms with Gasteiger partial charge in [-0.05, 0) is 63.8 Å². The molecular formula is C26H37FN4O4S. The Balaban J connectivity index is 1.61. The average molecular weight is 521 g/mol. The van der Waals surface area contributed by atoms with Crippen LogP contribution >= 0.6 is 0 Å². The molecule has 0 spiro atoms. The first kappa shape index (κ1) is 26.6. The number of hydrogen-bond donors (Lipinski definition) is 2. The van der Waals surface area contributed by atoms with Crippen molar-refractivity contribution in [2.75, 3.05) is 19.8 Å². The number of amides is 2. The van der Waals surface area contributed by atoms with Crippen molar-refractivity contribution in [2.24, 2.45) is 5.92 Å². The zero-order chi connectivity index (χ0) is 26.0. The van der Waals surface area contributed by atoms with E-state index < -0.39 is 27.7 Å². The molecule has 4 rings (SSSR count). The minimum atomic E-state index is -3.56. The summed E-state index contributed by atoms with van der Waals surface area (Å²) in [5.41, 5.74) is 0.621. The van der Waals surface area contributed by atoms with E-state index in [1.54, 1.807) is 26.2 Å². The highest BCUT2D eigenvalue weighted by Gasteiger charge is 2.39. The number of likely N-dealkylation sites (N-methyl/N-ethyl adjacent to an activating group) is 1. The molecule has 2 aliphatic rings. The fraction of sp³-hybridized carbons (Fsp3) is 0.615. The Bertz CT molecular complexity index is 1220. The van der Waals surface area contributed by atoms with Gasteiger partial charge in [0.25, 0.3) is 0 Å². The van der Waals surface area contributed by atoms with Gasteiger partial charge in [-0.1, -0.05) is 19.3 Å². The van der Waals surface area contributed by atoms with Gasteiger partial charge in [0.15, 0.2) is 9.84 Å². The fourth-order valence-electron chi connectivity index (χ4n) is 5.66. The lowest BCUT2D eigenvalue weighted by Crippen LogP contribution is -2.56. The van der Waals surface area contributed by atoms with Crippen LogP contribution < -0.4 is 10.6 Å². The molecule has 2 fully saturated rings. The zero-order valence-corrected chi connectivity index (χ0v) is 22.1. The lowest BCUT2D eigenvalue weighted by molar-refractivity contribution is -0.139. The van der Waals surface area contributed by atoms with Gasteiger partial charge in [0.05, 0.1) is 10.9 Å². The monoisotopic (exact) mass is 520 g/mol. The Morgan fingerprint density at radius 2 is 1.86 bits per heavy atom. The second kappa shape index (κ2) is 10.9. The van der Waals surface area contributed by atoms with Crippen molar-refractivity contribution in [1.82, 2.24) is 20.1 Å². The predicted octanol–water partition coefficient (Wildman–Crippen LogP) is 2.85. The number of nitrogens with one attached hydrogen (secondary N) is 2. The number of aromatic nitrogens is 1. The number of fused-ring (bicyclic) bond motifs is 1. The highest BCUT2D eigenvalue weighted by atomic mass is 32.2. The van der Waals surface area contributed by atoms with Gasteiger partial charge in [-0.15, -0.1) is 0 Å². The van der Waals surface area contributed by atoms with Gasteiger partial charge < -0.3 is 20.1 Å². The minimum Gasteiger partial charge on any atom is -0.344 e. The molecule has 0 bridgehead atoms. The standard InChI is InChI=1S/C26H37FN4O4S/c1-17(28-2)25(32)29-24(18-8-5-4-6-9-18)26(33)31-13-7-10-20(31)15-30-16-23(36(3,34)35)21-14-19(27)11-12-22(21)30/h11-12,14,16-18,20,24,28H,4-10,13,15H2,1-3H3,(H,29,32). The first-order valence-electron chi connectivity index (χ1n) is 12.9. The van der Waals surface area contributed by atoms with Crippen LogP contribution in [0, 0.1) is 11.7 Å². The van der Waals surface area contributed by atoms with Gasteiger partial charge in [0, 0.05) is 42.5 Å². The second-order valence-electron chi connectivity index (χ2n) is 10.3. The molecule has 198 valence electrons. The lowest BCUT2D eigenvalue weighted by Gasteiger charge is -2.35. The molecule has 1 aliphatic heterocycles. The van der Waals surface area contributed by atoms with Gasteiger partial charge in [-0.3, -0.25) is 9.59 Å². The summed E-state index contributed by atoms with van der Waals surface area (Å²) < 4.78 is 40.5. The second-order valence-corrected chi connectivity index (χ2v) is 12.3. The SMILES string of the molecule is CNC(C)C(=O)NC(C(=O)N1CCCC1Cn1cc(S(C)(=O)=O)c2cc(F)ccc21)C1CCCCC1. The summed E-state index contributed by atoms with van der Waals surface area (Å²) in [4.78, 5) is 28.6. The van der Waals surface area contributed by atoms with E-state index in [2.05, 4.69) is 10.6 Å². The normalized spacial score (nSPS) is 21.0. The summed E-state index contributed by atoms with van der Waals surface area (Å²) in [6.45, 7) is 2.77. The molecule has 36 heavy (non-hydrogen) atoms. The van der Waals surface area contributed by atoms with Crippen LogP contribution in [-0.4, -0.2) is 67.7 Å². The maximum Gasteiger partial charge on any atom is 0.245 e. The third-order valence-corrected chi connectivity index (χ3v) is 8.91. The van der Waals surface area contributed by atoms with E-state index in [4.69, 9.17) is 0 Å². The molecule has 1 saturated carbocycles. The van der Waals surface area contributed by atoms with Crippen LogP contribution in [0.3, 0.4) is 0 Å². The molecular weight excluding hydrogens is 483 g/mol. The average Bonchev–Trinajstić information content (AvgIpc) is 3.46. The molecule has 3 unspecified atom stereocenters. The Morgan fingerprint density at radius 3 is 2.53 bits per heavy atom. The maximum atomic E-state index is 13.9. The van der Waals surface area contributed by atoms with Crippen LogP contribution in [0.4, 0.5) is 4.39 Å². The van der Waals surface area contributed by atoms with Crippen molar-refractivity contribution in [1.29, 1.82) is 0 Å². The van der Waals surface area contributed by atoms with E-state index in [0.29, 0.717) is 24.0 Å². The van der Waals surface area contributed by atoms with Gasteiger partial charge in [0.1, 0.15) is 11.9 Å². The Labute approximate surface area is 212 Å². The number of hydrogen-bond acceptors (Lipinski definition) is 5. The van der Waals surface area contributed by atoms with E-state index in [1.807, 2.05) is 9.47 Å². The van der Waals surface area contributed by atoms with E-state index in [-0.39, 0.29) is 28.7 Å².